The number of ether oxygens (including phenoxy) is 1. The predicted molar refractivity (Wildman–Crippen MR) is 153 cm³/mol. The number of nitrogens with one attached hydrogen (secondary N) is 1. The Morgan fingerprint density at radius 1 is 0.944 bits per heavy atom. The molecule has 0 bridgehead atoms. The fourth-order valence-electron chi connectivity index (χ4n) is 3.57. The highest BCUT2D eigenvalue weighted by Gasteiger charge is 2.31. The van der Waals surface area contributed by atoms with Crippen molar-refractivity contribution in [2.45, 2.75) is 32.9 Å². The molecular weight excluding hydrogens is 610 g/mol. The summed E-state index contributed by atoms with van der Waals surface area (Å²) in [6.45, 7) is 4.54. The molecule has 190 valence electrons. The van der Waals surface area contributed by atoms with Crippen molar-refractivity contribution in [2.75, 3.05) is 13.2 Å². The van der Waals surface area contributed by atoms with Gasteiger partial charge in [-0.25, -0.2) is 0 Å². The van der Waals surface area contributed by atoms with Gasteiger partial charge in [-0.05, 0) is 76.0 Å². The Kier molecular flexibility index (Phi) is 10.9. The lowest BCUT2D eigenvalue weighted by Crippen LogP contribution is -2.52. The highest BCUT2D eigenvalue weighted by Crippen LogP contribution is 2.24. The Bertz CT molecular complexity index is 1160. The smallest absolute Gasteiger partial charge is 0.261 e. The highest BCUT2D eigenvalue weighted by atomic mass is 127. The van der Waals surface area contributed by atoms with Crippen LogP contribution in [0.2, 0.25) is 10.0 Å². The van der Waals surface area contributed by atoms with Crippen LogP contribution in [0.1, 0.15) is 25.0 Å². The molecule has 0 fully saturated rings. The first-order valence-corrected chi connectivity index (χ1v) is 13.5. The molecule has 3 aromatic carbocycles. The molecule has 0 heterocycles. The molecule has 0 aliphatic heterocycles. The molecule has 0 aliphatic rings. The van der Waals surface area contributed by atoms with Crippen molar-refractivity contribution < 1.29 is 14.3 Å². The van der Waals surface area contributed by atoms with Crippen LogP contribution in [-0.4, -0.2) is 35.9 Å². The van der Waals surface area contributed by atoms with Gasteiger partial charge in [0.1, 0.15) is 11.8 Å². The maximum Gasteiger partial charge on any atom is 0.261 e. The number of rotatable bonds is 11. The number of benzene rings is 3. The molecule has 2 amide bonds. The van der Waals surface area contributed by atoms with Crippen molar-refractivity contribution in [3.8, 4) is 5.75 Å². The predicted octanol–water partition coefficient (Wildman–Crippen LogP) is 6.39. The summed E-state index contributed by atoms with van der Waals surface area (Å²) in [5, 5.41) is 3.82. The van der Waals surface area contributed by atoms with Gasteiger partial charge >= 0.3 is 0 Å². The molecule has 0 saturated heterocycles. The minimum Gasteiger partial charge on any atom is -0.484 e. The standard InChI is InChI=1S/C28H29Cl2IN2O3/c1-19(2)16-32-28(35)26(15-20-6-4-3-5-7-20)33(17-21-8-13-24(29)25(30)14-21)27(34)18-36-23-11-9-22(31)10-12-23/h3-14,19,26H,15-18H2,1-2H3,(H,32,35)/t26-/m1/s1. The van der Waals surface area contributed by atoms with Crippen LogP contribution in [0.25, 0.3) is 0 Å². The first-order chi connectivity index (χ1) is 17.2. The first kappa shape index (κ1) is 28.3. The van der Waals surface area contributed by atoms with Crippen LogP contribution in [0.15, 0.2) is 72.8 Å². The molecular formula is C28H29Cl2IN2O3. The summed E-state index contributed by atoms with van der Waals surface area (Å²) < 4.78 is 6.86. The zero-order chi connectivity index (χ0) is 26.1. The number of carbonyl (C=O) groups is 2. The largest absolute Gasteiger partial charge is 0.484 e. The van der Waals surface area contributed by atoms with Gasteiger partial charge in [-0.15, -0.1) is 0 Å². The summed E-state index contributed by atoms with van der Waals surface area (Å²) in [5.41, 5.74) is 1.72. The van der Waals surface area contributed by atoms with Crippen LogP contribution in [-0.2, 0) is 22.6 Å². The van der Waals surface area contributed by atoms with E-state index in [1.165, 1.54) is 0 Å². The van der Waals surface area contributed by atoms with Gasteiger partial charge in [-0.2, -0.15) is 0 Å². The van der Waals surface area contributed by atoms with E-state index in [2.05, 4.69) is 27.9 Å². The molecule has 0 aliphatic carbocycles. The van der Waals surface area contributed by atoms with Crippen LogP contribution in [0, 0.1) is 9.49 Å². The van der Waals surface area contributed by atoms with Crippen molar-refractivity contribution in [2.24, 2.45) is 5.92 Å². The Hall–Kier alpha value is -2.29. The van der Waals surface area contributed by atoms with Crippen LogP contribution in [0.4, 0.5) is 0 Å². The molecule has 5 nitrogen and oxygen atoms in total. The third-order valence-corrected chi connectivity index (χ3v) is 6.93. The summed E-state index contributed by atoms with van der Waals surface area (Å²) in [7, 11) is 0. The summed E-state index contributed by atoms with van der Waals surface area (Å²) >= 11 is 14.6. The molecule has 0 aromatic heterocycles. The number of halogens is 3. The second-order valence-corrected chi connectivity index (χ2v) is 10.9. The van der Waals surface area contributed by atoms with Crippen LogP contribution >= 0.6 is 45.8 Å². The summed E-state index contributed by atoms with van der Waals surface area (Å²) in [6.07, 6.45) is 0.362. The normalized spacial score (nSPS) is 11.7. The lowest BCUT2D eigenvalue weighted by Gasteiger charge is -2.31. The van der Waals surface area contributed by atoms with Crippen molar-refractivity contribution >= 4 is 57.6 Å². The second-order valence-electron chi connectivity index (χ2n) is 8.86. The van der Waals surface area contributed by atoms with E-state index in [0.29, 0.717) is 28.8 Å². The Balaban J connectivity index is 1.91. The molecule has 1 N–H and O–H groups in total. The van der Waals surface area contributed by atoms with Gasteiger partial charge in [0.25, 0.3) is 5.91 Å². The molecule has 3 aromatic rings. The molecule has 8 heteroatoms. The Morgan fingerprint density at radius 3 is 2.28 bits per heavy atom. The van der Waals surface area contributed by atoms with E-state index in [4.69, 9.17) is 27.9 Å². The molecule has 0 saturated carbocycles. The average Bonchev–Trinajstić information content (AvgIpc) is 2.86. The van der Waals surface area contributed by atoms with E-state index in [0.717, 1.165) is 14.7 Å². The summed E-state index contributed by atoms with van der Waals surface area (Å²) in [5.74, 6) is 0.340. The minimum atomic E-state index is -0.742. The third-order valence-electron chi connectivity index (χ3n) is 5.47. The van der Waals surface area contributed by atoms with Gasteiger partial charge < -0.3 is 15.0 Å². The van der Waals surface area contributed by atoms with Crippen LogP contribution in [0.3, 0.4) is 0 Å². The lowest BCUT2D eigenvalue weighted by molar-refractivity contribution is -0.142. The Morgan fingerprint density at radius 2 is 1.64 bits per heavy atom. The molecule has 3 rings (SSSR count). The monoisotopic (exact) mass is 638 g/mol. The van der Waals surface area contributed by atoms with E-state index in [-0.39, 0.29) is 30.9 Å². The number of hydrogen-bond donors (Lipinski definition) is 1. The van der Waals surface area contributed by atoms with Gasteiger partial charge in [0.2, 0.25) is 5.91 Å². The number of nitrogens with zero attached hydrogens (tertiary/aromatic N) is 1. The van der Waals surface area contributed by atoms with E-state index >= 15 is 0 Å². The fraction of sp³-hybridized carbons (Fsp3) is 0.286. The van der Waals surface area contributed by atoms with Gasteiger partial charge in [-0.1, -0.05) is 73.4 Å². The maximum absolute atomic E-state index is 13.6. The molecule has 0 unspecified atom stereocenters. The number of carbonyl (C=O) groups excluding carboxylic acids is 2. The van der Waals surface area contributed by atoms with Crippen LogP contribution < -0.4 is 10.1 Å². The van der Waals surface area contributed by atoms with Gasteiger partial charge in [-0.3, -0.25) is 9.59 Å². The second kappa shape index (κ2) is 13.9. The van der Waals surface area contributed by atoms with Crippen molar-refractivity contribution in [3.63, 3.8) is 0 Å². The molecule has 36 heavy (non-hydrogen) atoms. The summed E-state index contributed by atoms with van der Waals surface area (Å²) in [6, 6.07) is 21.6. The summed E-state index contributed by atoms with van der Waals surface area (Å²) in [4.78, 5) is 28.6. The van der Waals surface area contributed by atoms with Gasteiger partial charge in [0, 0.05) is 23.1 Å². The quantitative estimate of drug-likeness (QED) is 0.248. The maximum atomic E-state index is 13.6. The van der Waals surface area contributed by atoms with E-state index in [9.17, 15) is 9.59 Å². The molecule has 1 atom stereocenters. The van der Waals surface area contributed by atoms with Crippen LogP contribution in [0.5, 0.6) is 5.75 Å². The fourth-order valence-corrected chi connectivity index (χ4v) is 4.25. The zero-order valence-corrected chi connectivity index (χ0v) is 23.9. The molecule has 0 radical (unpaired) electrons. The third kappa shape index (κ3) is 8.68. The van der Waals surface area contributed by atoms with Gasteiger partial charge in [0.05, 0.1) is 10.0 Å². The van der Waals surface area contributed by atoms with Crippen molar-refractivity contribution in [3.05, 3.63) is 97.5 Å². The Labute approximate surface area is 236 Å². The molecule has 0 spiro atoms. The zero-order valence-electron chi connectivity index (χ0n) is 20.2. The SMILES string of the molecule is CC(C)CNC(=O)[C@@H](Cc1ccccc1)N(Cc1ccc(Cl)c(Cl)c1)C(=O)COc1ccc(I)cc1. The van der Waals surface area contributed by atoms with Gasteiger partial charge in [0.15, 0.2) is 6.61 Å². The minimum absolute atomic E-state index is 0.179. The topological polar surface area (TPSA) is 58.6 Å². The van der Waals surface area contributed by atoms with Crippen molar-refractivity contribution in [1.29, 1.82) is 0 Å². The average molecular weight is 639 g/mol. The van der Waals surface area contributed by atoms with E-state index in [1.807, 2.05) is 68.4 Å². The lowest BCUT2D eigenvalue weighted by atomic mass is 10.0. The van der Waals surface area contributed by atoms with Crippen molar-refractivity contribution in [1.82, 2.24) is 10.2 Å². The first-order valence-electron chi connectivity index (χ1n) is 11.7. The highest BCUT2D eigenvalue weighted by molar-refractivity contribution is 14.1. The van der Waals surface area contributed by atoms with E-state index < -0.39 is 6.04 Å². The number of amides is 2. The number of hydrogen-bond acceptors (Lipinski definition) is 3. The van der Waals surface area contributed by atoms with E-state index in [1.54, 1.807) is 23.1 Å².